The number of hydrogen-bond acceptors (Lipinski definition) is 2. The van der Waals surface area contributed by atoms with Crippen molar-refractivity contribution in [2.45, 2.75) is 0 Å². The van der Waals surface area contributed by atoms with Gasteiger partial charge < -0.3 is 11.5 Å². The van der Waals surface area contributed by atoms with Crippen molar-refractivity contribution in [2.24, 2.45) is 16.5 Å². The first kappa shape index (κ1) is 15.0. The highest BCUT2D eigenvalue weighted by Crippen LogP contribution is 2.33. The van der Waals surface area contributed by atoms with E-state index in [4.69, 9.17) is 23.1 Å². The molecule has 4 N–H and O–H groups in total. The molecule has 23 heavy (non-hydrogen) atoms. The third kappa shape index (κ3) is 3.00. The largest absolute Gasteiger partial charge is 0.370 e. The lowest BCUT2D eigenvalue weighted by molar-refractivity contribution is 0.100. The number of amides is 1. The molecule has 0 aliphatic rings. The first-order valence-electron chi connectivity index (χ1n) is 6.83. The molecule has 3 rings (SSSR count). The minimum absolute atomic E-state index is 0.263. The Kier molecular flexibility index (Phi) is 3.95. The topological polar surface area (TPSA) is 94.4 Å². The number of nitrogens with two attached hydrogens (primary N) is 2. The summed E-state index contributed by atoms with van der Waals surface area (Å²) in [5.41, 5.74) is 12.7. The van der Waals surface area contributed by atoms with E-state index in [1.165, 1.54) is 0 Å². The van der Waals surface area contributed by atoms with E-state index < -0.39 is 5.91 Å². The Labute approximate surface area is 137 Å². The van der Waals surface area contributed by atoms with E-state index in [1.807, 2.05) is 30.3 Å². The summed E-state index contributed by atoms with van der Waals surface area (Å²) in [5, 5.41) is 2.41. The number of carbonyl (C=O) groups is 1. The molecule has 2 aromatic carbocycles. The van der Waals surface area contributed by atoms with Crippen LogP contribution in [0.15, 0.2) is 59.9 Å². The van der Waals surface area contributed by atoms with Gasteiger partial charge in [0, 0.05) is 23.5 Å². The second-order valence-corrected chi connectivity index (χ2v) is 5.35. The van der Waals surface area contributed by atoms with Gasteiger partial charge in [-0.1, -0.05) is 35.9 Å². The zero-order valence-electron chi connectivity index (χ0n) is 12.0. The Morgan fingerprint density at radius 3 is 2.65 bits per heavy atom. The van der Waals surface area contributed by atoms with Crippen molar-refractivity contribution >= 4 is 34.2 Å². The SMILES string of the molecule is NC(N)=NC(=O)c1ccc2cccc(-c3ccncc3Cl)c2c1. The normalized spacial score (nSPS) is 10.5. The van der Waals surface area contributed by atoms with Crippen LogP contribution < -0.4 is 11.5 Å². The third-order valence-corrected chi connectivity index (χ3v) is 3.72. The van der Waals surface area contributed by atoms with Gasteiger partial charge in [0.15, 0.2) is 5.96 Å². The molecule has 0 bridgehead atoms. The van der Waals surface area contributed by atoms with Gasteiger partial charge in [-0.25, -0.2) is 0 Å². The summed E-state index contributed by atoms with van der Waals surface area (Å²) in [4.78, 5) is 19.6. The van der Waals surface area contributed by atoms with Gasteiger partial charge in [0.2, 0.25) is 0 Å². The van der Waals surface area contributed by atoms with Gasteiger partial charge in [-0.15, -0.1) is 0 Å². The van der Waals surface area contributed by atoms with Gasteiger partial charge in [0.1, 0.15) is 0 Å². The van der Waals surface area contributed by atoms with Gasteiger partial charge in [-0.2, -0.15) is 4.99 Å². The fourth-order valence-corrected chi connectivity index (χ4v) is 2.64. The molecule has 0 aliphatic carbocycles. The Morgan fingerprint density at radius 1 is 1.09 bits per heavy atom. The molecule has 0 radical (unpaired) electrons. The minimum atomic E-state index is -0.484. The van der Waals surface area contributed by atoms with Crippen LogP contribution in [0, 0.1) is 0 Å². The zero-order chi connectivity index (χ0) is 16.4. The first-order chi connectivity index (χ1) is 11.1. The van der Waals surface area contributed by atoms with Crippen molar-refractivity contribution in [2.75, 3.05) is 0 Å². The molecule has 1 heterocycles. The molecule has 3 aromatic rings. The molecule has 6 heteroatoms. The van der Waals surface area contributed by atoms with Crippen LogP contribution in [0.5, 0.6) is 0 Å². The van der Waals surface area contributed by atoms with Gasteiger partial charge in [-0.3, -0.25) is 9.78 Å². The maximum atomic E-state index is 12.0. The predicted octanol–water partition coefficient (Wildman–Crippen LogP) is 2.97. The van der Waals surface area contributed by atoms with E-state index in [1.54, 1.807) is 24.5 Å². The second-order valence-electron chi connectivity index (χ2n) is 4.94. The monoisotopic (exact) mass is 324 g/mol. The van der Waals surface area contributed by atoms with Crippen LogP contribution >= 0.6 is 11.6 Å². The number of nitrogens with zero attached hydrogens (tertiary/aromatic N) is 2. The lowest BCUT2D eigenvalue weighted by Crippen LogP contribution is -2.24. The van der Waals surface area contributed by atoms with Crippen molar-refractivity contribution in [3.63, 3.8) is 0 Å². The van der Waals surface area contributed by atoms with Crippen molar-refractivity contribution in [3.05, 3.63) is 65.4 Å². The molecule has 0 spiro atoms. The van der Waals surface area contributed by atoms with Crippen molar-refractivity contribution in [1.82, 2.24) is 4.98 Å². The van der Waals surface area contributed by atoms with E-state index in [9.17, 15) is 4.79 Å². The van der Waals surface area contributed by atoms with Crippen LogP contribution in [0.4, 0.5) is 0 Å². The number of aromatic nitrogens is 1. The quantitative estimate of drug-likeness (QED) is 0.559. The van der Waals surface area contributed by atoms with E-state index in [0.717, 1.165) is 21.9 Å². The number of fused-ring (bicyclic) bond motifs is 1. The average molecular weight is 325 g/mol. The maximum absolute atomic E-state index is 12.0. The van der Waals surface area contributed by atoms with Crippen LogP contribution in [0.25, 0.3) is 21.9 Å². The number of halogens is 1. The smallest absolute Gasteiger partial charge is 0.280 e. The lowest BCUT2D eigenvalue weighted by atomic mass is 9.97. The van der Waals surface area contributed by atoms with E-state index in [2.05, 4.69) is 9.98 Å². The van der Waals surface area contributed by atoms with Crippen LogP contribution in [-0.2, 0) is 0 Å². The number of rotatable bonds is 2. The highest BCUT2D eigenvalue weighted by atomic mass is 35.5. The average Bonchev–Trinajstić information content (AvgIpc) is 2.54. The number of benzene rings is 2. The Balaban J connectivity index is 2.22. The minimum Gasteiger partial charge on any atom is -0.370 e. The third-order valence-electron chi connectivity index (χ3n) is 3.42. The molecule has 114 valence electrons. The molecule has 1 aromatic heterocycles. The summed E-state index contributed by atoms with van der Waals surface area (Å²) in [6.07, 6.45) is 3.26. The molecule has 0 fully saturated rings. The fraction of sp³-hybridized carbons (Fsp3) is 0. The van der Waals surface area contributed by atoms with Crippen molar-refractivity contribution in [1.29, 1.82) is 0 Å². The van der Waals surface area contributed by atoms with Gasteiger partial charge in [-0.05, 0) is 34.5 Å². The Bertz CT molecular complexity index is 933. The number of guanidine groups is 1. The molecular weight excluding hydrogens is 312 g/mol. The summed E-state index contributed by atoms with van der Waals surface area (Å²) >= 11 is 6.25. The van der Waals surface area contributed by atoms with Crippen LogP contribution in [0.1, 0.15) is 10.4 Å². The van der Waals surface area contributed by atoms with Gasteiger partial charge >= 0.3 is 0 Å². The molecule has 1 amide bonds. The van der Waals surface area contributed by atoms with Crippen molar-refractivity contribution in [3.8, 4) is 11.1 Å². The zero-order valence-corrected chi connectivity index (χ0v) is 12.8. The number of hydrogen-bond donors (Lipinski definition) is 2. The summed E-state index contributed by atoms with van der Waals surface area (Å²) in [6.45, 7) is 0. The van der Waals surface area contributed by atoms with Crippen LogP contribution in [-0.4, -0.2) is 16.9 Å². The van der Waals surface area contributed by atoms with E-state index >= 15 is 0 Å². The Hall–Kier alpha value is -2.92. The molecule has 0 aliphatic heterocycles. The van der Waals surface area contributed by atoms with Gasteiger partial charge in [0.05, 0.1) is 5.02 Å². The lowest BCUT2D eigenvalue weighted by Gasteiger charge is -2.09. The summed E-state index contributed by atoms with van der Waals surface area (Å²) in [6, 6.07) is 13.0. The second kappa shape index (κ2) is 6.06. The number of carbonyl (C=O) groups excluding carboxylic acids is 1. The van der Waals surface area contributed by atoms with Crippen LogP contribution in [0.3, 0.4) is 0 Å². The fourth-order valence-electron chi connectivity index (χ4n) is 2.42. The van der Waals surface area contributed by atoms with Crippen molar-refractivity contribution < 1.29 is 4.79 Å². The van der Waals surface area contributed by atoms with E-state index in [-0.39, 0.29) is 5.96 Å². The Morgan fingerprint density at radius 2 is 1.91 bits per heavy atom. The van der Waals surface area contributed by atoms with Crippen LogP contribution in [0.2, 0.25) is 5.02 Å². The molecule has 5 nitrogen and oxygen atoms in total. The van der Waals surface area contributed by atoms with E-state index in [0.29, 0.717) is 10.6 Å². The molecule has 0 atom stereocenters. The predicted molar refractivity (Wildman–Crippen MR) is 92.3 cm³/mol. The molecular formula is C17H13ClN4O. The first-order valence-corrected chi connectivity index (χ1v) is 7.20. The number of aliphatic imine (C=N–C) groups is 1. The molecule has 0 unspecified atom stereocenters. The summed E-state index contributed by atoms with van der Waals surface area (Å²) < 4.78 is 0. The summed E-state index contributed by atoms with van der Waals surface area (Å²) in [5.74, 6) is -0.747. The van der Waals surface area contributed by atoms with Gasteiger partial charge in [0.25, 0.3) is 5.91 Å². The highest BCUT2D eigenvalue weighted by molar-refractivity contribution is 6.33. The highest BCUT2D eigenvalue weighted by Gasteiger charge is 2.11. The maximum Gasteiger partial charge on any atom is 0.280 e. The molecule has 0 saturated heterocycles. The molecule has 0 saturated carbocycles. The number of pyridine rings is 1. The standard InChI is InChI=1S/C17H13ClN4O/c18-15-9-21-7-6-13(15)12-3-1-2-10-4-5-11(8-14(10)12)16(23)22-17(19)20/h1-9H,(H4,19,20,22,23). The summed E-state index contributed by atoms with van der Waals surface area (Å²) in [7, 11) is 0.